The van der Waals surface area contributed by atoms with Crippen LogP contribution in [-0.4, -0.2) is 64.1 Å². The zero-order chi connectivity index (χ0) is 21.5. The van der Waals surface area contributed by atoms with Crippen molar-refractivity contribution in [3.05, 3.63) is 66.0 Å². The number of aromatic nitrogens is 1. The number of amides is 3. The van der Waals surface area contributed by atoms with Gasteiger partial charge in [0.2, 0.25) is 5.91 Å². The lowest BCUT2D eigenvalue weighted by atomic mass is 10.0. The van der Waals surface area contributed by atoms with Crippen molar-refractivity contribution in [1.82, 2.24) is 19.7 Å². The summed E-state index contributed by atoms with van der Waals surface area (Å²) in [5.41, 5.74) is 1.45. The third-order valence-corrected chi connectivity index (χ3v) is 5.29. The molecule has 1 fully saturated rings. The number of likely N-dealkylation sites (N-methyl/N-ethyl adjacent to an activating group) is 1. The predicted molar refractivity (Wildman–Crippen MR) is 113 cm³/mol. The van der Waals surface area contributed by atoms with Crippen LogP contribution in [0.4, 0.5) is 0 Å². The van der Waals surface area contributed by atoms with Crippen LogP contribution in [-0.2, 0) is 20.9 Å². The Labute approximate surface area is 177 Å². The van der Waals surface area contributed by atoms with E-state index in [2.05, 4.69) is 4.98 Å². The fourth-order valence-electron chi connectivity index (χ4n) is 3.61. The molecule has 0 N–H and O–H groups in total. The fraction of sp³-hybridized carbons (Fsp3) is 0.391. The van der Waals surface area contributed by atoms with Gasteiger partial charge in [0.1, 0.15) is 6.04 Å². The Kier molecular flexibility index (Phi) is 7.17. The Morgan fingerprint density at radius 3 is 2.47 bits per heavy atom. The molecule has 1 aliphatic rings. The van der Waals surface area contributed by atoms with E-state index in [1.54, 1.807) is 23.0 Å². The largest absolute Gasteiger partial charge is 0.338 e. The molecule has 0 spiro atoms. The van der Waals surface area contributed by atoms with Crippen LogP contribution in [0, 0.1) is 0 Å². The molecule has 7 heteroatoms. The van der Waals surface area contributed by atoms with Gasteiger partial charge >= 0.3 is 11.8 Å². The molecule has 1 aliphatic heterocycles. The Morgan fingerprint density at radius 2 is 1.80 bits per heavy atom. The molecule has 3 rings (SSSR count). The molecule has 0 radical (unpaired) electrons. The molecule has 1 saturated heterocycles. The normalized spacial score (nSPS) is 15.3. The molecule has 158 valence electrons. The van der Waals surface area contributed by atoms with Gasteiger partial charge in [-0.15, -0.1) is 0 Å². The highest BCUT2D eigenvalue weighted by molar-refractivity contribution is 6.35. The van der Waals surface area contributed by atoms with Crippen LogP contribution in [0.25, 0.3) is 0 Å². The highest BCUT2D eigenvalue weighted by atomic mass is 16.2. The smallest absolute Gasteiger partial charge is 0.313 e. The van der Waals surface area contributed by atoms with Gasteiger partial charge in [-0.2, -0.15) is 0 Å². The van der Waals surface area contributed by atoms with Crippen molar-refractivity contribution in [2.24, 2.45) is 0 Å². The molecule has 1 unspecified atom stereocenters. The molecule has 2 aromatic rings. The van der Waals surface area contributed by atoms with Crippen LogP contribution in [0.2, 0.25) is 0 Å². The van der Waals surface area contributed by atoms with Crippen molar-refractivity contribution in [3.63, 3.8) is 0 Å². The van der Waals surface area contributed by atoms with Gasteiger partial charge in [-0.1, -0.05) is 49.7 Å². The van der Waals surface area contributed by atoms with Crippen LogP contribution in [0.3, 0.4) is 0 Å². The average molecular weight is 409 g/mol. The van der Waals surface area contributed by atoms with Crippen molar-refractivity contribution in [1.29, 1.82) is 0 Å². The first kappa shape index (κ1) is 21.5. The van der Waals surface area contributed by atoms with E-state index in [0.717, 1.165) is 18.5 Å². The van der Waals surface area contributed by atoms with Crippen LogP contribution >= 0.6 is 0 Å². The molecule has 3 amide bonds. The Bertz CT molecular complexity index is 873. The molecular formula is C23H28N4O3. The number of carbonyl (C=O) groups is 3. The molecule has 2 heterocycles. The Balaban J connectivity index is 1.84. The molecule has 0 saturated carbocycles. The van der Waals surface area contributed by atoms with E-state index in [0.29, 0.717) is 31.7 Å². The SMILES string of the molecule is CCCCN1CCN(C(C(=O)N(C)Cc2ccccn2)c2ccccc2)C(=O)C1=O. The van der Waals surface area contributed by atoms with Crippen molar-refractivity contribution in [2.45, 2.75) is 32.4 Å². The highest BCUT2D eigenvalue weighted by Gasteiger charge is 2.40. The second kappa shape index (κ2) is 10.0. The molecular weight excluding hydrogens is 380 g/mol. The summed E-state index contributed by atoms with van der Waals surface area (Å²) in [4.78, 5) is 47.9. The number of carbonyl (C=O) groups excluding carboxylic acids is 3. The lowest BCUT2D eigenvalue weighted by molar-refractivity contribution is -0.161. The first-order valence-electron chi connectivity index (χ1n) is 10.3. The van der Waals surface area contributed by atoms with E-state index in [1.165, 1.54) is 4.90 Å². The quantitative estimate of drug-likeness (QED) is 0.628. The van der Waals surface area contributed by atoms with Gasteiger partial charge < -0.3 is 14.7 Å². The number of unbranched alkanes of at least 4 members (excludes halogenated alkanes) is 1. The Hall–Kier alpha value is -3.22. The summed E-state index contributed by atoms with van der Waals surface area (Å²) in [6, 6.07) is 13.9. The summed E-state index contributed by atoms with van der Waals surface area (Å²) in [6.45, 7) is 3.70. The lowest BCUT2D eigenvalue weighted by Gasteiger charge is -2.39. The van der Waals surface area contributed by atoms with Crippen molar-refractivity contribution in [2.75, 3.05) is 26.7 Å². The Morgan fingerprint density at radius 1 is 1.07 bits per heavy atom. The number of hydrogen-bond donors (Lipinski definition) is 0. The van der Waals surface area contributed by atoms with Gasteiger partial charge in [0.25, 0.3) is 0 Å². The zero-order valence-electron chi connectivity index (χ0n) is 17.5. The number of rotatable bonds is 8. The third kappa shape index (κ3) is 4.84. The van der Waals surface area contributed by atoms with E-state index in [1.807, 2.05) is 55.5 Å². The standard InChI is InChI=1S/C23H28N4O3/c1-3-4-14-26-15-16-27(23(30)22(26)29)20(18-10-6-5-7-11-18)21(28)25(2)17-19-12-8-9-13-24-19/h5-13,20H,3-4,14-17H2,1-2H3. The molecule has 0 aliphatic carbocycles. The maximum absolute atomic E-state index is 13.4. The van der Waals surface area contributed by atoms with E-state index >= 15 is 0 Å². The minimum atomic E-state index is -0.843. The topological polar surface area (TPSA) is 73.8 Å². The number of piperazine rings is 1. The van der Waals surface area contributed by atoms with Gasteiger partial charge in [0.05, 0.1) is 12.2 Å². The first-order chi connectivity index (χ1) is 14.5. The molecule has 30 heavy (non-hydrogen) atoms. The predicted octanol–water partition coefficient (Wildman–Crippen LogP) is 2.25. The van der Waals surface area contributed by atoms with Crippen molar-refractivity contribution < 1.29 is 14.4 Å². The lowest BCUT2D eigenvalue weighted by Crippen LogP contribution is -2.57. The minimum Gasteiger partial charge on any atom is -0.338 e. The maximum atomic E-state index is 13.4. The summed E-state index contributed by atoms with van der Waals surface area (Å²) in [7, 11) is 1.69. The van der Waals surface area contributed by atoms with E-state index in [-0.39, 0.29) is 5.91 Å². The number of nitrogens with zero attached hydrogens (tertiary/aromatic N) is 4. The summed E-state index contributed by atoms with van der Waals surface area (Å²) in [6.07, 6.45) is 3.48. The summed E-state index contributed by atoms with van der Waals surface area (Å²) >= 11 is 0. The number of hydrogen-bond acceptors (Lipinski definition) is 4. The van der Waals surface area contributed by atoms with Crippen LogP contribution in [0.15, 0.2) is 54.7 Å². The summed E-state index contributed by atoms with van der Waals surface area (Å²) in [5.74, 6) is -1.39. The second-order valence-corrected chi connectivity index (χ2v) is 7.47. The van der Waals surface area contributed by atoms with Gasteiger partial charge in [0.15, 0.2) is 0 Å². The highest BCUT2D eigenvalue weighted by Crippen LogP contribution is 2.26. The molecule has 1 atom stereocenters. The van der Waals surface area contributed by atoms with Gasteiger partial charge in [-0.3, -0.25) is 19.4 Å². The van der Waals surface area contributed by atoms with E-state index in [4.69, 9.17) is 0 Å². The first-order valence-corrected chi connectivity index (χ1v) is 10.3. The molecule has 0 bridgehead atoms. The number of pyridine rings is 1. The molecule has 7 nitrogen and oxygen atoms in total. The monoisotopic (exact) mass is 408 g/mol. The van der Waals surface area contributed by atoms with Crippen LogP contribution in [0.1, 0.15) is 37.1 Å². The van der Waals surface area contributed by atoms with Crippen molar-refractivity contribution >= 4 is 17.7 Å². The average Bonchev–Trinajstić information content (AvgIpc) is 2.77. The van der Waals surface area contributed by atoms with Gasteiger partial charge in [0, 0.05) is 32.9 Å². The van der Waals surface area contributed by atoms with Crippen molar-refractivity contribution in [3.8, 4) is 0 Å². The fourth-order valence-corrected chi connectivity index (χ4v) is 3.61. The van der Waals surface area contributed by atoms with Crippen LogP contribution < -0.4 is 0 Å². The zero-order valence-corrected chi connectivity index (χ0v) is 17.5. The summed E-state index contributed by atoms with van der Waals surface area (Å²) < 4.78 is 0. The van der Waals surface area contributed by atoms with Gasteiger partial charge in [-0.25, -0.2) is 0 Å². The molecule has 1 aromatic heterocycles. The van der Waals surface area contributed by atoms with Gasteiger partial charge in [-0.05, 0) is 24.1 Å². The molecule has 1 aromatic carbocycles. The number of benzene rings is 1. The summed E-state index contributed by atoms with van der Waals surface area (Å²) in [5, 5.41) is 0. The second-order valence-electron chi connectivity index (χ2n) is 7.47. The minimum absolute atomic E-state index is 0.241. The van der Waals surface area contributed by atoms with E-state index < -0.39 is 17.9 Å². The van der Waals surface area contributed by atoms with Crippen LogP contribution in [0.5, 0.6) is 0 Å². The maximum Gasteiger partial charge on any atom is 0.313 e. The van der Waals surface area contributed by atoms with E-state index in [9.17, 15) is 14.4 Å². The third-order valence-electron chi connectivity index (χ3n) is 5.29.